The first-order valence-corrected chi connectivity index (χ1v) is 29.4. The number of thioether (sulfide) groups is 1. The molecule has 0 aromatic heterocycles. The van der Waals surface area contributed by atoms with E-state index in [1.54, 1.807) is 59.7 Å². The highest BCUT2D eigenvalue weighted by Crippen LogP contribution is 2.31. The van der Waals surface area contributed by atoms with E-state index in [1.165, 1.54) is 48.5 Å². The summed E-state index contributed by atoms with van der Waals surface area (Å²) in [5.74, 6) is -12.9. The van der Waals surface area contributed by atoms with E-state index in [1.807, 2.05) is 0 Å². The van der Waals surface area contributed by atoms with Gasteiger partial charge in [-0.1, -0.05) is 90.1 Å². The number of unbranched alkanes of at least 4 members (excludes halogenated alkanes) is 1. The molecule has 0 heterocycles. The minimum Gasteiger partial charge on any atom is -0.508 e. The number of hydrogen-bond donors (Lipinski definition) is 13. The van der Waals surface area contributed by atoms with E-state index in [0.29, 0.717) is 5.56 Å². The van der Waals surface area contributed by atoms with E-state index in [-0.39, 0.29) is 67.2 Å². The lowest BCUT2D eigenvalue weighted by molar-refractivity contribution is -0.139. The van der Waals surface area contributed by atoms with Gasteiger partial charge in [0.05, 0.1) is 18.7 Å². The zero-order valence-corrected chi connectivity index (χ0v) is 50.4. The number of amides is 10. The molecule has 0 saturated heterocycles. The van der Waals surface area contributed by atoms with Gasteiger partial charge in [0.15, 0.2) is 0 Å². The number of aliphatic carboxylic acids is 2. The molecule has 0 aliphatic heterocycles. The highest BCUT2D eigenvalue weighted by molar-refractivity contribution is 7.99. The standard InChI is InChI=1S/C59H79F3N10O15S/c1-32(2)25-42(70-57(85)50(34(5)6)72-47(76)29-65-52(80)37-14-8-7-9-15-37)56(84)67-40(17-10-11-24-64-45(74)28-44(58(86)87)88-31-36-13-12-16-38(26-36)59(60,61)62)54(82)68-41(22-23-48(77)78)55(83)69-43(27-35-18-20-39(73)21-19-35)53(81)66-30-46(75)71-49(33(3)4)51(63)79/h7-9,12-16,18-21,26,32-34,40-44,49-50,73H,10-11,17,22-25,27-31H2,1-6H3,(H2,63,79)(H,64,74)(H,65,80)(H,66,81)(H,67,84)(H,68,82)(H,69,83)(H,70,85)(H,71,75)(H,72,76)(H,77,78)(H,86,87)/t40-,41-,42-,43-,44-,49-,50-/m0/s1. The van der Waals surface area contributed by atoms with Crippen LogP contribution in [0.2, 0.25) is 0 Å². The van der Waals surface area contributed by atoms with Crippen molar-refractivity contribution < 1.29 is 86.0 Å². The number of carboxylic acids is 2. The van der Waals surface area contributed by atoms with E-state index >= 15 is 0 Å². The van der Waals surface area contributed by atoms with Gasteiger partial charge >= 0.3 is 18.1 Å². The summed E-state index contributed by atoms with van der Waals surface area (Å²) in [6.45, 7) is 8.63. The number of carbonyl (C=O) groups excluding carboxylic acids is 10. The van der Waals surface area contributed by atoms with Crippen molar-refractivity contribution in [3.05, 3.63) is 101 Å². The number of phenolic OH excluding ortho intramolecular Hbond substituents is 1. The van der Waals surface area contributed by atoms with Crippen LogP contribution in [0.3, 0.4) is 0 Å². The van der Waals surface area contributed by atoms with Crippen molar-refractivity contribution in [2.24, 2.45) is 23.5 Å². The molecule has 0 bridgehead atoms. The molecule has 0 aliphatic carbocycles. The summed E-state index contributed by atoms with van der Waals surface area (Å²) >= 11 is 0.739. The zero-order chi connectivity index (χ0) is 65.8. The largest absolute Gasteiger partial charge is 0.508 e. The molecule has 25 nitrogen and oxygen atoms in total. The molecule has 482 valence electrons. The molecule has 0 radical (unpaired) electrons. The van der Waals surface area contributed by atoms with Gasteiger partial charge in [0.1, 0.15) is 47.3 Å². The number of carboxylic acid groups (broad SMARTS) is 2. The van der Waals surface area contributed by atoms with Gasteiger partial charge in [0, 0.05) is 37.1 Å². The van der Waals surface area contributed by atoms with Crippen LogP contribution in [-0.2, 0) is 71.1 Å². The maximum Gasteiger partial charge on any atom is 0.416 e. The average Bonchev–Trinajstić information content (AvgIpc) is 3.48. The van der Waals surface area contributed by atoms with Crippen molar-refractivity contribution in [2.45, 2.75) is 146 Å². The lowest BCUT2D eigenvalue weighted by Crippen LogP contribution is -2.60. The van der Waals surface area contributed by atoms with Crippen molar-refractivity contribution in [2.75, 3.05) is 19.6 Å². The number of carbonyl (C=O) groups is 12. The van der Waals surface area contributed by atoms with Crippen LogP contribution in [0.4, 0.5) is 13.2 Å². The summed E-state index contributed by atoms with van der Waals surface area (Å²) in [4.78, 5) is 159. The van der Waals surface area contributed by atoms with Gasteiger partial charge in [-0.3, -0.25) is 57.5 Å². The predicted molar refractivity (Wildman–Crippen MR) is 316 cm³/mol. The lowest BCUT2D eigenvalue weighted by Gasteiger charge is -2.28. The summed E-state index contributed by atoms with van der Waals surface area (Å²) < 4.78 is 39.9. The molecular weight excluding hydrogens is 1180 g/mol. The Hall–Kier alpha value is -8.76. The van der Waals surface area contributed by atoms with Gasteiger partial charge in [-0.15, -0.1) is 11.8 Å². The minimum absolute atomic E-state index is 0.0145. The highest BCUT2D eigenvalue weighted by Gasteiger charge is 2.35. The number of benzene rings is 3. The summed E-state index contributed by atoms with van der Waals surface area (Å²) in [5.41, 5.74) is 5.33. The fraction of sp³-hybridized carbons (Fsp3) is 0.492. The second-order valence-electron chi connectivity index (χ2n) is 21.8. The highest BCUT2D eigenvalue weighted by atomic mass is 32.2. The lowest BCUT2D eigenvalue weighted by atomic mass is 9.99. The molecule has 0 saturated carbocycles. The van der Waals surface area contributed by atoms with Gasteiger partial charge in [-0.25, -0.2) is 0 Å². The third-order valence-electron chi connectivity index (χ3n) is 13.3. The first-order chi connectivity index (χ1) is 41.3. The fourth-order valence-corrected chi connectivity index (χ4v) is 9.54. The van der Waals surface area contributed by atoms with E-state index in [0.717, 1.165) is 23.9 Å². The van der Waals surface area contributed by atoms with Gasteiger partial charge in [0.25, 0.3) is 5.91 Å². The Labute approximate surface area is 511 Å². The number of nitrogens with one attached hydrogen (secondary N) is 9. The molecule has 7 atom stereocenters. The first-order valence-electron chi connectivity index (χ1n) is 28.3. The molecular formula is C59H79F3N10O15S. The maximum absolute atomic E-state index is 14.5. The monoisotopic (exact) mass is 1260 g/mol. The predicted octanol–water partition coefficient (Wildman–Crippen LogP) is 2.18. The van der Waals surface area contributed by atoms with Crippen molar-refractivity contribution in [1.82, 2.24) is 47.9 Å². The second kappa shape index (κ2) is 36.4. The molecule has 88 heavy (non-hydrogen) atoms. The minimum atomic E-state index is -4.64. The molecule has 0 aliphatic rings. The van der Waals surface area contributed by atoms with Gasteiger partial charge in [0.2, 0.25) is 53.2 Å². The summed E-state index contributed by atoms with van der Waals surface area (Å²) in [7, 11) is 0. The Kier molecular flexibility index (Phi) is 30.4. The van der Waals surface area contributed by atoms with Crippen molar-refractivity contribution >= 4 is 82.8 Å². The third-order valence-corrected chi connectivity index (χ3v) is 14.6. The van der Waals surface area contributed by atoms with Crippen LogP contribution in [0.15, 0.2) is 78.9 Å². The second-order valence-corrected chi connectivity index (χ2v) is 23.0. The molecule has 0 spiro atoms. The van der Waals surface area contributed by atoms with Crippen molar-refractivity contribution in [3.63, 3.8) is 0 Å². The van der Waals surface area contributed by atoms with Crippen LogP contribution in [0.25, 0.3) is 0 Å². The Morgan fingerprint density at radius 2 is 1.12 bits per heavy atom. The number of alkyl halides is 3. The topological polar surface area (TPSA) is 400 Å². The fourth-order valence-electron chi connectivity index (χ4n) is 8.55. The van der Waals surface area contributed by atoms with Crippen LogP contribution in [0, 0.1) is 17.8 Å². The van der Waals surface area contributed by atoms with Crippen molar-refractivity contribution in [3.8, 4) is 5.75 Å². The first kappa shape index (κ1) is 73.5. The number of aromatic hydroxyl groups is 1. The molecule has 0 fully saturated rings. The molecule has 3 rings (SSSR count). The van der Waals surface area contributed by atoms with Crippen LogP contribution in [-0.4, -0.2) is 147 Å². The van der Waals surface area contributed by atoms with E-state index in [9.17, 15) is 86.0 Å². The average molecular weight is 1260 g/mol. The Morgan fingerprint density at radius 3 is 1.68 bits per heavy atom. The number of nitrogens with two attached hydrogens (primary N) is 1. The smallest absolute Gasteiger partial charge is 0.416 e. The molecule has 10 amide bonds. The summed E-state index contributed by atoms with van der Waals surface area (Å²) in [6, 6.07) is 9.21. The van der Waals surface area contributed by atoms with Gasteiger partial charge < -0.3 is 68.9 Å². The van der Waals surface area contributed by atoms with E-state index < -0.39 is 168 Å². The summed E-state index contributed by atoms with van der Waals surface area (Å²) in [5, 5.41) is 50.7. The molecule has 3 aromatic rings. The molecule has 29 heteroatoms. The Balaban J connectivity index is 1.91. The Morgan fingerprint density at radius 1 is 0.568 bits per heavy atom. The Bertz CT molecular complexity index is 2900. The molecule has 14 N–H and O–H groups in total. The number of primary amides is 1. The van der Waals surface area contributed by atoms with E-state index in [2.05, 4.69) is 47.9 Å². The van der Waals surface area contributed by atoms with Crippen LogP contribution >= 0.6 is 11.8 Å². The number of phenols is 1. The summed E-state index contributed by atoms with van der Waals surface area (Å²) in [6.07, 6.45) is -6.99. The van der Waals surface area contributed by atoms with Crippen molar-refractivity contribution in [1.29, 1.82) is 0 Å². The third kappa shape index (κ3) is 26.9. The zero-order valence-electron chi connectivity index (χ0n) is 49.6. The van der Waals surface area contributed by atoms with Gasteiger partial charge in [-0.2, -0.15) is 13.2 Å². The van der Waals surface area contributed by atoms with E-state index in [4.69, 9.17) is 5.73 Å². The molecule has 3 aromatic carbocycles. The number of hydrogen-bond acceptors (Lipinski definition) is 14. The molecule has 0 unspecified atom stereocenters. The van der Waals surface area contributed by atoms with Crippen LogP contribution < -0.4 is 53.6 Å². The maximum atomic E-state index is 14.5. The quantitative estimate of drug-likeness (QED) is 0.0368. The number of rotatable bonds is 37. The van der Waals surface area contributed by atoms with Crippen LogP contribution in [0.1, 0.15) is 114 Å². The van der Waals surface area contributed by atoms with Gasteiger partial charge in [-0.05, 0) is 91.3 Å². The SMILES string of the molecule is CC(C)C[C@H](NC(=O)[C@@H](NC(=O)CNC(=O)c1ccccc1)C(C)C)C(=O)N[C@@H](CCCCNC(=O)C[C@H](SCc1cccc(C(F)(F)F)c1)C(=O)O)C(=O)N[C@@H](CCC(=O)O)C(=O)N[C@@H](Cc1ccc(O)cc1)C(=O)NCC(=O)N[C@H](C(N)=O)C(C)C. The normalized spacial score (nSPS) is 13.7. The van der Waals surface area contributed by atoms with Crippen LogP contribution in [0.5, 0.6) is 5.75 Å². The number of halogens is 3.